The summed E-state index contributed by atoms with van der Waals surface area (Å²) in [5, 5.41) is 10.3. The predicted molar refractivity (Wildman–Crippen MR) is 161 cm³/mol. The number of ether oxygens (including phenoxy) is 2. The van der Waals surface area contributed by atoms with Crippen molar-refractivity contribution in [3.8, 4) is 16.9 Å². The highest BCUT2D eigenvalue weighted by atomic mass is 19.1. The van der Waals surface area contributed by atoms with Crippen molar-refractivity contribution in [2.45, 2.75) is 72.5 Å². The van der Waals surface area contributed by atoms with Crippen molar-refractivity contribution in [2.24, 2.45) is 5.41 Å². The summed E-state index contributed by atoms with van der Waals surface area (Å²) in [5.74, 6) is -4.01. The van der Waals surface area contributed by atoms with E-state index in [1.165, 1.54) is 12.1 Å². The van der Waals surface area contributed by atoms with Gasteiger partial charge in [0.2, 0.25) is 0 Å². The Morgan fingerprint density at radius 2 is 1.67 bits per heavy atom. The lowest BCUT2D eigenvalue weighted by Crippen LogP contribution is -2.39. The van der Waals surface area contributed by atoms with Gasteiger partial charge in [0.15, 0.2) is 23.5 Å². The molecule has 1 aliphatic heterocycles. The third kappa shape index (κ3) is 7.60. The number of anilines is 2. The number of benzene rings is 2. The number of rotatable bonds is 9. The summed E-state index contributed by atoms with van der Waals surface area (Å²) in [6, 6.07) is 8.03. The number of carbonyl (C=O) groups is 1. The highest BCUT2D eigenvalue weighted by molar-refractivity contribution is 5.92. The van der Waals surface area contributed by atoms with Crippen LogP contribution in [-0.2, 0) is 16.0 Å². The number of aryl methyl sites for hydroxylation is 1. The van der Waals surface area contributed by atoms with E-state index >= 15 is 8.78 Å². The van der Waals surface area contributed by atoms with Gasteiger partial charge in [-0.3, -0.25) is 0 Å². The molecule has 0 amide bonds. The molecule has 1 atom stereocenters. The second-order valence-electron chi connectivity index (χ2n) is 12.8. The molecule has 7 nitrogen and oxygen atoms in total. The molecule has 0 bridgehead atoms. The summed E-state index contributed by atoms with van der Waals surface area (Å²) in [7, 11) is 0. The minimum Gasteiger partial charge on any atom is -0.487 e. The van der Waals surface area contributed by atoms with E-state index in [9.17, 15) is 14.3 Å². The number of piperidine rings is 1. The number of hydrogen-bond donors (Lipinski definition) is 2. The molecule has 0 aliphatic carbocycles. The molecule has 3 aromatic rings. The largest absolute Gasteiger partial charge is 0.487 e. The summed E-state index contributed by atoms with van der Waals surface area (Å²) in [5.41, 5.74) is 7.91. The fourth-order valence-corrected chi connectivity index (χ4v) is 5.34. The minimum atomic E-state index is -1.40. The van der Waals surface area contributed by atoms with Crippen molar-refractivity contribution in [1.82, 2.24) is 4.98 Å². The third-order valence-corrected chi connectivity index (χ3v) is 7.65. The van der Waals surface area contributed by atoms with E-state index in [0.717, 1.165) is 30.5 Å². The molecule has 1 aromatic heterocycles. The lowest BCUT2D eigenvalue weighted by Gasteiger charge is -2.41. The summed E-state index contributed by atoms with van der Waals surface area (Å²) >= 11 is 0. The standard InChI is InChI=1S/C33H40F3N3O4/c1-19-25(29(31(40)41)43-32(2,3)4)27(39-14-12-33(5,6)13-15-39)26(30(37)38-19)21-17-23(35)28(24(36)18-21)42-16-11-20-7-9-22(34)10-8-20/h7-10,17-18,29H,11-16H2,1-6H3,(H2,37,38)(H,40,41)/t29-/m0/s1. The van der Waals surface area contributed by atoms with Crippen LogP contribution in [-0.4, -0.2) is 41.4 Å². The zero-order chi connectivity index (χ0) is 31.7. The Labute approximate surface area is 250 Å². The van der Waals surface area contributed by atoms with Crippen molar-refractivity contribution < 1.29 is 32.5 Å². The van der Waals surface area contributed by atoms with Crippen LogP contribution < -0.4 is 15.4 Å². The van der Waals surface area contributed by atoms with E-state index in [4.69, 9.17) is 15.2 Å². The third-order valence-electron chi connectivity index (χ3n) is 7.65. The van der Waals surface area contributed by atoms with Crippen molar-refractivity contribution >= 4 is 17.5 Å². The van der Waals surface area contributed by atoms with Gasteiger partial charge in [-0.1, -0.05) is 26.0 Å². The number of nitrogens with zero attached hydrogens (tertiary/aromatic N) is 2. The number of carboxylic acids is 1. The van der Waals surface area contributed by atoms with Crippen LogP contribution >= 0.6 is 0 Å². The average Bonchev–Trinajstić information content (AvgIpc) is 2.89. The molecular formula is C33H40F3N3O4. The SMILES string of the molecule is Cc1nc(N)c(-c2cc(F)c(OCCc3ccc(F)cc3)c(F)c2)c(N2CCC(C)(C)CC2)c1[C@H](OC(C)(C)C)C(=O)O. The van der Waals surface area contributed by atoms with Gasteiger partial charge in [0.05, 0.1) is 17.9 Å². The first-order chi connectivity index (χ1) is 20.1. The van der Waals surface area contributed by atoms with E-state index in [2.05, 4.69) is 18.8 Å². The van der Waals surface area contributed by atoms with Gasteiger partial charge in [-0.2, -0.15) is 0 Å². The summed E-state index contributed by atoms with van der Waals surface area (Å²) in [6.07, 6.45) is 0.544. The van der Waals surface area contributed by atoms with Crippen molar-refractivity contribution in [1.29, 1.82) is 0 Å². The second-order valence-corrected chi connectivity index (χ2v) is 12.8. The Bertz CT molecular complexity index is 1450. The maximum absolute atomic E-state index is 15.5. The molecule has 10 heteroatoms. The Morgan fingerprint density at radius 3 is 2.21 bits per heavy atom. The number of nitrogens with two attached hydrogens (primary N) is 1. The number of hydrogen-bond acceptors (Lipinski definition) is 6. The molecule has 1 aliphatic rings. The molecule has 0 unspecified atom stereocenters. The second kappa shape index (κ2) is 12.4. The number of halogens is 3. The zero-order valence-electron chi connectivity index (χ0n) is 25.6. The van der Waals surface area contributed by atoms with Gasteiger partial charge in [0, 0.05) is 36.3 Å². The van der Waals surface area contributed by atoms with Crippen LogP contribution in [0.4, 0.5) is 24.7 Å². The molecule has 3 N–H and O–H groups in total. The quantitative estimate of drug-likeness (QED) is 0.267. The molecule has 0 radical (unpaired) electrons. The smallest absolute Gasteiger partial charge is 0.337 e. The Hall–Kier alpha value is -3.79. The van der Waals surface area contributed by atoms with Crippen LogP contribution in [0.2, 0.25) is 0 Å². The van der Waals surface area contributed by atoms with Crippen LogP contribution in [0.5, 0.6) is 5.75 Å². The first-order valence-electron chi connectivity index (χ1n) is 14.4. The fraction of sp³-hybridized carbons (Fsp3) is 0.455. The summed E-state index contributed by atoms with van der Waals surface area (Å²) in [6.45, 7) is 12.4. The maximum atomic E-state index is 15.5. The number of aromatic nitrogens is 1. The molecule has 0 spiro atoms. The number of carboxylic acid groups (broad SMARTS) is 1. The first-order valence-corrected chi connectivity index (χ1v) is 14.4. The molecule has 2 aromatic carbocycles. The van der Waals surface area contributed by atoms with Crippen LogP contribution in [0.1, 0.15) is 70.4 Å². The molecular weight excluding hydrogens is 559 g/mol. The lowest BCUT2D eigenvalue weighted by atomic mass is 9.82. The fourth-order valence-electron chi connectivity index (χ4n) is 5.34. The Balaban J connectivity index is 1.80. The van der Waals surface area contributed by atoms with Gasteiger partial charge in [-0.05, 0) is 81.3 Å². The van der Waals surface area contributed by atoms with E-state index in [0.29, 0.717) is 36.5 Å². The van der Waals surface area contributed by atoms with Gasteiger partial charge in [-0.25, -0.2) is 22.9 Å². The molecule has 1 saturated heterocycles. The van der Waals surface area contributed by atoms with E-state index < -0.39 is 35.1 Å². The molecule has 43 heavy (non-hydrogen) atoms. The van der Waals surface area contributed by atoms with Gasteiger partial charge < -0.3 is 25.2 Å². The predicted octanol–water partition coefficient (Wildman–Crippen LogP) is 7.25. The van der Waals surface area contributed by atoms with E-state index in [1.807, 2.05) is 4.90 Å². The summed E-state index contributed by atoms with van der Waals surface area (Å²) < 4.78 is 55.6. The van der Waals surface area contributed by atoms with Gasteiger partial charge in [0.1, 0.15) is 11.6 Å². The number of nitrogen functional groups attached to an aromatic ring is 1. The van der Waals surface area contributed by atoms with Crippen LogP contribution in [0.25, 0.3) is 11.1 Å². The Morgan fingerprint density at radius 1 is 1.09 bits per heavy atom. The molecule has 232 valence electrons. The number of pyridine rings is 1. The zero-order valence-corrected chi connectivity index (χ0v) is 25.6. The van der Waals surface area contributed by atoms with Gasteiger partial charge >= 0.3 is 5.97 Å². The normalized spacial score (nSPS) is 15.8. The lowest BCUT2D eigenvalue weighted by molar-refractivity contribution is -0.160. The summed E-state index contributed by atoms with van der Waals surface area (Å²) in [4.78, 5) is 19.1. The van der Waals surface area contributed by atoms with E-state index in [-0.39, 0.29) is 34.8 Å². The van der Waals surface area contributed by atoms with Crippen molar-refractivity contribution in [2.75, 3.05) is 30.3 Å². The molecule has 0 saturated carbocycles. The first kappa shape index (κ1) is 32.1. The van der Waals surface area contributed by atoms with Crippen LogP contribution in [0.3, 0.4) is 0 Å². The number of aliphatic carboxylic acids is 1. The topological polar surface area (TPSA) is 97.9 Å². The van der Waals surface area contributed by atoms with Crippen molar-refractivity contribution in [3.05, 3.63) is 70.7 Å². The Kier molecular flexibility index (Phi) is 9.30. The van der Waals surface area contributed by atoms with Crippen LogP contribution in [0, 0.1) is 29.8 Å². The molecule has 1 fully saturated rings. The monoisotopic (exact) mass is 599 g/mol. The minimum absolute atomic E-state index is 0.0183. The van der Waals surface area contributed by atoms with Gasteiger partial charge in [-0.15, -0.1) is 0 Å². The van der Waals surface area contributed by atoms with Crippen LogP contribution in [0.15, 0.2) is 36.4 Å². The highest BCUT2D eigenvalue weighted by Gasteiger charge is 2.37. The highest BCUT2D eigenvalue weighted by Crippen LogP contribution is 2.46. The molecule has 4 rings (SSSR count). The molecule has 2 heterocycles. The van der Waals surface area contributed by atoms with E-state index in [1.54, 1.807) is 39.8 Å². The van der Waals surface area contributed by atoms with Gasteiger partial charge in [0.25, 0.3) is 0 Å². The maximum Gasteiger partial charge on any atom is 0.337 e. The van der Waals surface area contributed by atoms with Crippen molar-refractivity contribution in [3.63, 3.8) is 0 Å². The average molecular weight is 600 g/mol.